The molecule has 1 aromatic rings. The van der Waals surface area contributed by atoms with Crippen molar-refractivity contribution in [2.45, 2.75) is 38.1 Å². The Morgan fingerprint density at radius 1 is 1.42 bits per heavy atom. The molecule has 4 heteroatoms. The SMILES string of the molecule is CC1CCCCN1CC(C(N)=NO)c1ccccc1. The van der Waals surface area contributed by atoms with Crippen LogP contribution >= 0.6 is 0 Å². The average molecular weight is 261 g/mol. The van der Waals surface area contributed by atoms with E-state index in [0.29, 0.717) is 11.9 Å². The number of hydrogen-bond donors (Lipinski definition) is 2. The fourth-order valence-corrected chi connectivity index (χ4v) is 2.79. The van der Waals surface area contributed by atoms with Crippen LogP contribution in [0.25, 0.3) is 0 Å². The van der Waals surface area contributed by atoms with Gasteiger partial charge in [0.1, 0.15) is 5.84 Å². The highest BCUT2D eigenvalue weighted by molar-refractivity contribution is 5.87. The van der Waals surface area contributed by atoms with Gasteiger partial charge in [0.25, 0.3) is 0 Å². The molecule has 1 aromatic carbocycles. The first-order valence-corrected chi connectivity index (χ1v) is 6.98. The summed E-state index contributed by atoms with van der Waals surface area (Å²) in [5, 5.41) is 12.2. The van der Waals surface area contributed by atoms with Crippen molar-refractivity contribution in [1.82, 2.24) is 4.90 Å². The maximum absolute atomic E-state index is 9.01. The van der Waals surface area contributed by atoms with Crippen molar-refractivity contribution >= 4 is 5.84 Å². The standard InChI is InChI=1S/C15H23N3O/c1-12-7-5-6-10-18(12)11-14(15(16)17-19)13-8-3-2-4-9-13/h2-4,8-9,12,14,19H,5-7,10-11H2,1H3,(H2,16,17). The number of nitrogens with zero attached hydrogens (tertiary/aromatic N) is 2. The Bertz CT molecular complexity index is 419. The lowest BCUT2D eigenvalue weighted by Crippen LogP contribution is -2.42. The maximum Gasteiger partial charge on any atom is 0.147 e. The van der Waals surface area contributed by atoms with Gasteiger partial charge in [-0.25, -0.2) is 0 Å². The van der Waals surface area contributed by atoms with Crippen molar-refractivity contribution < 1.29 is 5.21 Å². The van der Waals surface area contributed by atoms with Crippen LogP contribution in [0, 0.1) is 0 Å². The Hall–Kier alpha value is -1.55. The van der Waals surface area contributed by atoms with Crippen LogP contribution in [0.5, 0.6) is 0 Å². The normalized spacial score (nSPS) is 23.2. The number of oxime groups is 1. The lowest BCUT2D eigenvalue weighted by molar-refractivity contribution is 0.158. The third-order valence-electron chi connectivity index (χ3n) is 4.03. The van der Waals surface area contributed by atoms with Gasteiger partial charge in [-0.05, 0) is 31.9 Å². The minimum atomic E-state index is -0.0354. The summed E-state index contributed by atoms with van der Waals surface area (Å²) in [6.45, 7) is 4.18. The number of rotatable bonds is 4. The van der Waals surface area contributed by atoms with Crippen LogP contribution in [0.3, 0.4) is 0 Å². The fraction of sp³-hybridized carbons (Fsp3) is 0.533. The maximum atomic E-state index is 9.01. The predicted molar refractivity (Wildman–Crippen MR) is 77.5 cm³/mol. The van der Waals surface area contributed by atoms with Gasteiger partial charge in [0.15, 0.2) is 0 Å². The lowest BCUT2D eigenvalue weighted by Gasteiger charge is -2.35. The molecule has 0 amide bonds. The molecule has 0 saturated carbocycles. The molecule has 2 atom stereocenters. The molecule has 1 fully saturated rings. The third-order valence-corrected chi connectivity index (χ3v) is 4.03. The van der Waals surface area contributed by atoms with Crippen LogP contribution in [0.1, 0.15) is 37.7 Å². The third kappa shape index (κ3) is 3.47. The van der Waals surface area contributed by atoms with E-state index < -0.39 is 0 Å². The Morgan fingerprint density at radius 2 is 2.16 bits per heavy atom. The molecule has 2 rings (SSSR count). The summed E-state index contributed by atoms with van der Waals surface area (Å²) in [6, 6.07) is 10.6. The minimum absolute atomic E-state index is 0.0354. The first-order valence-electron chi connectivity index (χ1n) is 6.98. The number of nitrogens with two attached hydrogens (primary N) is 1. The molecular formula is C15H23N3O. The summed E-state index contributed by atoms with van der Waals surface area (Å²) in [6.07, 6.45) is 3.77. The highest BCUT2D eigenvalue weighted by atomic mass is 16.4. The van der Waals surface area contributed by atoms with Crippen molar-refractivity contribution in [1.29, 1.82) is 0 Å². The molecule has 2 unspecified atom stereocenters. The van der Waals surface area contributed by atoms with Gasteiger partial charge in [-0.15, -0.1) is 0 Å². The highest BCUT2D eigenvalue weighted by Crippen LogP contribution is 2.23. The lowest BCUT2D eigenvalue weighted by atomic mass is 9.95. The fourth-order valence-electron chi connectivity index (χ4n) is 2.79. The molecule has 104 valence electrons. The second-order valence-electron chi connectivity index (χ2n) is 5.33. The molecule has 0 aliphatic carbocycles. The quantitative estimate of drug-likeness (QED) is 0.378. The second kappa shape index (κ2) is 6.57. The van der Waals surface area contributed by atoms with Crippen molar-refractivity contribution in [2.24, 2.45) is 10.9 Å². The average Bonchev–Trinajstić information content (AvgIpc) is 2.46. The van der Waals surface area contributed by atoms with Crippen LogP contribution in [0.4, 0.5) is 0 Å². The smallest absolute Gasteiger partial charge is 0.147 e. The summed E-state index contributed by atoms with van der Waals surface area (Å²) in [5.74, 6) is 0.260. The molecule has 0 radical (unpaired) electrons. The molecule has 1 aliphatic heterocycles. The van der Waals surface area contributed by atoms with Crippen molar-refractivity contribution in [3.05, 3.63) is 35.9 Å². The monoisotopic (exact) mass is 261 g/mol. The minimum Gasteiger partial charge on any atom is -0.409 e. The zero-order valence-corrected chi connectivity index (χ0v) is 11.5. The molecule has 1 saturated heterocycles. The van der Waals surface area contributed by atoms with Crippen LogP contribution in [-0.2, 0) is 0 Å². The van der Waals surface area contributed by atoms with Gasteiger partial charge in [-0.2, -0.15) is 0 Å². The highest BCUT2D eigenvalue weighted by Gasteiger charge is 2.25. The van der Waals surface area contributed by atoms with Crippen LogP contribution in [0.2, 0.25) is 0 Å². The molecule has 4 nitrogen and oxygen atoms in total. The zero-order valence-electron chi connectivity index (χ0n) is 11.5. The summed E-state index contributed by atoms with van der Waals surface area (Å²) in [5.41, 5.74) is 6.99. The number of amidine groups is 1. The molecule has 0 bridgehead atoms. The first kappa shape index (κ1) is 13.9. The number of hydrogen-bond acceptors (Lipinski definition) is 3. The molecule has 3 N–H and O–H groups in total. The van der Waals surface area contributed by atoms with E-state index in [0.717, 1.165) is 18.7 Å². The number of benzene rings is 1. The van der Waals surface area contributed by atoms with E-state index in [4.69, 9.17) is 10.9 Å². The molecule has 0 aromatic heterocycles. The molecule has 0 spiro atoms. The summed E-state index contributed by atoms with van der Waals surface area (Å²) in [7, 11) is 0. The van der Waals surface area contributed by atoms with E-state index in [1.54, 1.807) is 0 Å². The zero-order chi connectivity index (χ0) is 13.7. The van der Waals surface area contributed by atoms with Gasteiger partial charge in [0.2, 0.25) is 0 Å². The van der Waals surface area contributed by atoms with E-state index in [1.807, 2.05) is 30.3 Å². The summed E-state index contributed by atoms with van der Waals surface area (Å²) < 4.78 is 0. The van der Waals surface area contributed by atoms with Crippen LogP contribution < -0.4 is 5.73 Å². The summed E-state index contributed by atoms with van der Waals surface area (Å²) >= 11 is 0. The van der Waals surface area contributed by atoms with Gasteiger partial charge in [-0.3, -0.25) is 4.90 Å². The van der Waals surface area contributed by atoms with Gasteiger partial charge in [-0.1, -0.05) is 41.9 Å². The summed E-state index contributed by atoms with van der Waals surface area (Å²) in [4.78, 5) is 2.44. The van der Waals surface area contributed by atoms with Crippen molar-refractivity contribution in [3.8, 4) is 0 Å². The largest absolute Gasteiger partial charge is 0.409 e. The predicted octanol–water partition coefficient (Wildman–Crippen LogP) is 2.39. The van der Waals surface area contributed by atoms with Gasteiger partial charge in [0, 0.05) is 12.6 Å². The molecule has 19 heavy (non-hydrogen) atoms. The van der Waals surface area contributed by atoms with E-state index in [9.17, 15) is 0 Å². The Balaban J connectivity index is 2.15. The first-order chi connectivity index (χ1) is 9.22. The second-order valence-corrected chi connectivity index (χ2v) is 5.33. The molecule has 1 aliphatic rings. The van der Waals surface area contributed by atoms with Crippen molar-refractivity contribution in [3.63, 3.8) is 0 Å². The molecule has 1 heterocycles. The van der Waals surface area contributed by atoms with Gasteiger partial charge in [0.05, 0.1) is 5.92 Å². The van der Waals surface area contributed by atoms with Gasteiger partial charge >= 0.3 is 0 Å². The van der Waals surface area contributed by atoms with Crippen molar-refractivity contribution in [2.75, 3.05) is 13.1 Å². The topological polar surface area (TPSA) is 61.8 Å². The van der Waals surface area contributed by atoms with Crippen LogP contribution in [-0.4, -0.2) is 35.1 Å². The van der Waals surface area contributed by atoms with Crippen LogP contribution in [0.15, 0.2) is 35.5 Å². The Labute approximate surface area is 114 Å². The van der Waals surface area contributed by atoms with E-state index in [1.165, 1.54) is 19.3 Å². The Morgan fingerprint density at radius 3 is 2.79 bits per heavy atom. The number of piperidine rings is 1. The number of likely N-dealkylation sites (tertiary alicyclic amines) is 1. The van der Waals surface area contributed by atoms with E-state index >= 15 is 0 Å². The van der Waals surface area contributed by atoms with Gasteiger partial charge < -0.3 is 10.9 Å². The van der Waals surface area contributed by atoms with E-state index in [-0.39, 0.29) is 5.92 Å². The Kier molecular flexibility index (Phi) is 4.80. The molecular weight excluding hydrogens is 238 g/mol. The van der Waals surface area contributed by atoms with E-state index in [2.05, 4.69) is 17.0 Å².